The van der Waals surface area contributed by atoms with Gasteiger partial charge in [0.05, 0.1) is 26.8 Å². The SMILES string of the molecule is C.C.CCCNC(=O)N1CCC[C@H](C(=O)Nc2ccc(Cl)c(F)c2)C1.O=C(Nc1ccc(Cl)c(F)c1)[C@H]1CCCN(C(=O)Oc2ccc([N+](=O)[O-])cc2)C1. The molecule has 5 rings (SSSR count). The number of hydrogen-bond acceptors (Lipinski definition) is 7. The number of nitrogens with zero attached hydrogens (tertiary/aromatic N) is 3. The van der Waals surface area contributed by atoms with Crippen LogP contribution in [0, 0.1) is 33.6 Å². The number of non-ortho nitro benzene ring substituents is 1. The molecule has 2 saturated heterocycles. The van der Waals surface area contributed by atoms with Crippen LogP contribution in [0.2, 0.25) is 10.0 Å². The highest BCUT2D eigenvalue weighted by Crippen LogP contribution is 2.25. The fourth-order valence-corrected chi connectivity index (χ4v) is 5.75. The van der Waals surface area contributed by atoms with Crippen molar-refractivity contribution in [3.63, 3.8) is 0 Å². The molecule has 17 heteroatoms. The molecule has 294 valence electrons. The van der Waals surface area contributed by atoms with Gasteiger partial charge >= 0.3 is 12.1 Å². The topological polar surface area (TPSA) is 163 Å². The molecule has 0 bridgehead atoms. The lowest BCUT2D eigenvalue weighted by Gasteiger charge is -2.32. The molecule has 3 aromatic carbocycles. The zero-order valence-corrected chi connectivity index (χ0v) is 29.7. The number of carbonyl (C=O) groups excluding carboxylic acids is 4. The average Bonchev–Trinajstić information content (AvgIpc) is 3.14. The minimum absolute atomic E-state index is 0. The third-order valence-corrected chi connectivity index (χ3v) is 8.90. The van der Waals surface area contributed by atoms with E-state index in [0.29, 0.717) is 51.1 Å². The van der Waals surface area contributed by atoms with Gasteiger partial charge in [0.15, 0.2) is 0 Å². The molecule has 54 heavy (non-hydrogen) atoms. The lowest BCUT2D eigenvalue weighted by Crippen LogP contribution is -2.48. The van der Waals surface area contributed by atoms with Crippen LogP contribution in [0.15, 0.2) is 60.7 Å². The van der Waals surface area contributed by atoms with E-state index in [1.165, 1.54) is 53.4 Å². The summed E-state index contributed by atoms with van der Waals surface area (Å²) in [5, 5.41) is 18.8. The van der Waals surface area contributed by atoms with E-state index in [2.05, 4.69) is 16.0 Å². The molecule has 3 aromatic rings. The summed E-state index contributed by atoms with van der Waals surface area (Å²) < 4.78 is 32.2. The van der Waals surface area contributed by atoms with Crippen molar-refractivity contribution in [2.75, 3.05) is 43.4 Å². The molecule has 0 saturated carbocycles. The van der Waals surface area contributed by atoms with Gasteiger partial charge in [-0.3, -0.25) is 19.7 Å². The Labute approximate surface area is 323 Å². The van der Waals surface area contributed by atoms with Crippen LogP contribution in [0.25, 0.3) is 0 Å². The standard InChI is InChI=1S/C19H17ClFN3O5.C16H21ClFN3O2.2CH4/c20-16-8-3-13(10-17(16)21)22-18(25)12-2-1-9-23(11-12)19(26)29-15-6-4-14(5-7-15)24(27)28;1-2-7-19-16(23)21-8-3-4-11(10-21)15(22)20-12-5-6-13(17)14(18)9-12;;/h3-8,10,12H,1-2,9,11H2,(H,22,25);5-6,9,11H,2-4,7-8,10H2,1H3,(H,19,23)(H,20,22);2*1H4/t12-;11-;;/m00../s1. The number of halogens is 4. The van der Waals surface area contributed by atoms with E-state index in [9.17, 15) is 38.1 Å². The average molecular weight is 796 g/mol. The van der Waals surface area contributed by atoms with E-state index >= 15 is 0 Å². The van der Waals surface area contributed by atoms with Crippen molar-refractivity contribution in [2.45, 2.75) is 53.9 Å². The summed E-state index contributed by atoms with van der Waals surface area (Å²) in [6, 6.07) is 13.1. The summed E-state index contributed by atoms with van der Waals surface area (Å²) in [5.41, 5.74) is 0.532. The second kappa shape index (κ2) is 21.6. The summed E-state index contributed by atoms with van der Waals surface area (Å²) in [7, 11) is 0. The third-order valence-electron chi connectivity index (χ3n) is 8.28. The fourth-order valence-electron chi connectivity index (χ4n) is 5.51. The van der Waals surface area contributed by atoms with Crippen molar-refractivity contribution in [2.24, 2.45) is 11.8 Å². The number of ether oxygens (including phenoxy) is 1. The number of anilines is 2. The summed E-state index contributed by atoms with van der Waals surface area (Å²) in [6.07, 6.45) is 2.87. The first-order valence-corrected chi connectivity index (χ1v) is 17.4. The number of rotatable bonds is 8. The molecule has 2 aliphatic rings. The first-order chi connectivity index (χ1) is 24.8. The van der Waals surface area contributed by atoms with Crippen LogP contribution in [-0.2, 0) is 9.59 Å². The molecule has 2 fully saturated rings. The maximum Gasteiger partial charge on any atom is 0.415 e. The molecule has 0 unspecified atom stereocenters. The van der Waals surface area contributed by atoms with E-state index in [1.54, 1.807) is 11.0 Å². The Hall–Kier alpha value is -5.02. The Balaban J connectivity index is 0.000000369. The Kier molecular flexibility index (Phi) is 18.1. The molecule has 13 nitrogen and oxygen atoms in total. The lowest BCUT2D eigenvalue weighted by molar-refractivity contribution is -0.384. The minimum atomic E-state index is -0.645. The molecule has 5 amide bonds. The normalized spacial score (nSPS) is 16.2. The number of likely N-dealkylation sites (tertiary alicyclic amines) is 2. The number of nitrogens with one attached hydrogen (secondary N) is 3. The van der Waals surface area contributed by atoms with Gasteiger partial charge in [0.25, 0.3) is 5.69 Å². The predicted molar refractivity (Wildman–Crippen MR) is 205 cm³/mol. The molecular weight excluding hydrogens is 749 g/mol. The number of amides is 5. The molecule has 2 heterocycles. The predicted octanol–water partition coefficient (Wildman–Crippen LogP) is 8.76. The van der Waals surface area contributed by atoms with Crippen molar-refractivity contribution in [1.29, 1.82) is 0 Å². The Morgan fingerprint density at radius 1 is 0.815 bits per heavy atom. The summed E-state index contributed by atoms with van der Waals surface area (Å²) in [6.45, 7) is 4.19. The zero-order valence-electron chi connectivity index (χ0n) is 28.2. The second-order valence-corrected chi connectivity index (χ2v) is 13.0. The zero-order chi connectivity index (χ0) is 37.8. The monoisotopic (exact) mass is 794 g/mol. The van der Waals surface area contributed by atoms with Gasteiger partial charge in [-0.25, -0.2) is 18.4 Å². The largest absolute Gasteiger partial charge is 0.415 e. The van der Waals surface area contributed by atoms with Crippen molar-refractivity contribution < 1.29 is 37.6 Å². The van der Waals surface area contributed by atoms with Crippen LogP contribution < -0.4 is 20.7 Å². The number of carbonyl (C=O) groups is 4. The fraction of sp³-hybridized carbons (Fsp3) is 0.405. The van der Waals surface area contributed by atoms with Gasteiger partial charge in [-0.2, -0.15) is 0 Å². The summed E-state index contributed by atoms with van der Waals surface area (Å²) >= 11 is 11.3. The molecule has 0 radical (unpaired) electrons. The van der Waals surface area contributed by atoms with Gasteiger partial charge < -0.3 is 30.5 Å². The number of nitro benzene ring substituents is 1. The number of hydrogen-bond donors (Lipinski definition) is 3. The van der Waals surface area contributed by atoms with Gasteiger partial charge in [-0.1, -0.05) is 45.0 Å². The van der Waals surface area contributed by atoms with Crippen LogP contribution in [-0.4, -0.2) is 71.4 Å². The highest BCUT2D eigenvalue weighted by atomic mass is 35.5. The second-order valence-electron chi connectivity index (χ2n) is 12.2. The first-order valence-electron chi connectivity index (χ1n) is 16.6. The molecular formula is C37H46Cl2F2N6O7. The van der Waals surface area contributed by atoms with Gasteiger partial charge in [-0.05, 0) is 80.6 Å². The van der Waals surface area contributed by atoms with Crippen LogP contribution in [0.1, 0.15) is 53.9 Å². The Bertz CT molecular complexity index is 1770. The van der Waals surface area contributed by atoms with Crippen molar-refractivity contribution in [3.8, 4) is 5.75 Å². The maximum absolute atomic E-state index is 13.5. The number of piperidine rings is 2. The Morgan fingerprint density at radius 2 is 1.30 bits per heavy atom. The molecule has 0 spiro atoms. The third kappa shape index (κ3) is 13.1. The van der Waals surface area contributed by atoms with Gasteiger partial charge in [0.1, 0.15) is 17.4 Å². The van der Waals surface area contributed by atoms with Gasteiger partial charge in [0.2, 0.25) is 11.8 Å². The van der Waals surface area contributed by atoms with E-state index in [1.807, 2.05) is 6.92 Å². The molecule has 2 atom stereocenters. The van der Waals surface area contributed by atoms with Gasteiger partial charge in [0, 0.05) is 56.2 Å². The molecule has 0 aliphatic carbocycles. The van der Waals surface area contributed by atoms with Crippen molar-refractivity contribution in [1.82, 2.24) is 15.1 Å². The highest BCUT2D eigenvalue weighted by molar-refractivity contribution is 6.31. The van der Waals surface area contributed by atoms with E-state index < -0.39 is 28.6 Å². The maximum atomic E-state index is 13.5. The molecule has 3 N–H and O–H groups in total. The highest BCUT2D eigenvalue weighted by Gasteiger charge is 2.30. The number of benzene rings is 3. The van der Waals surface area contributed by atoms with E-state index in [-0.39, 0.29) is 72.3 Å². The summed E-state index contributed by atoms with van der Waals surface area (Å²) in [4.78, 5) is 62.3. The lowest BCUT2D eigenvalue weighted by atomic mass is 9.97. The molecule has 0 aromatic heterocycles. The van der Waals surface area contributed by atoms with Crippen LogP contribution in [0.4, 0.5) is 35.4 Å². The smallest absolute Gasteiger partial charge is 0.410 e. The number of nitro groups is 1. The van der Waals surface area contributed by atoms with Crippen LogP contribution >= 0.6 is 23.2 Å². The van der Waals surface area contributed by atoms with Crippen molar-refractivity contribution >= 4 is 64.2 Å². The first kappa shape index (κ1) is 45.1. The van der Waals surface area contributed by atoms with E-state index in [0.717, 1.165) is 18.9 Å². The van der Waals surface area contributed by atoms with E-state index in [4.69, 9.17) is 27.9 Å². The van der Waals surface area contributed by atoms with Gasteiger partial charge in [-0.15, -0.1) is 0 Å². The van der Waals surface area contributed by atoms with Crippen LogP contribution in [0.5, 0.6) is 5.75 Å². The minimum Gasteiger partial charge on any atom is -0.410 e. The quantitative estimate of drug-likeness (QED) is 0.152. The van der Waals surface area contributed by atoms with Crippen LogP contribution in [0.3, 0.4) is 0 Å². The van der Waals surface area contributed by atoms with Crippen molar-refractivity contribution in [3.05, 3.63) is 92.5 Å². The molecule has 2 aliphatic heterocycles. The number of urea groups is 1. The summed E-state index contributed by atoms with van der Waals surface area (Å²) in [5.74, 6) is -2.36. The Morgan fingerprint density at radius 3 is 1.76 bits per heavy atom.